The van der Waals surface area contributed by atoms with Crippen LogP contribution < -0.4 is 64.2 Å². The van der Waals surface area contributed by atoms with Crippen molar-refractivity contribution in [2.75, 3.05) is 0 Å². The molecule has 0 bridgehead atoms. The van der Waals surface area contributed by atoms with Crippen molar-refractivity contribution in [3.8, 4) is 5.75 Å². The average Bonchev–Trinajstić information content (AvgIpc) is 1.94. The molecule has 1 rings (SSSR count). The van der Waals surface area contributed by atoms with E-state index in [4.69, 9.17) is 0 Å². The van der Waals surface area contributed by atoms with Crippen molar-refractivity contribution < 1.29 is 64.2 Å². The van der Waals surface area contributed by atoms with E-state index >= 15 is 0 Å². The van der Waals surface area contributed by atoms with E-state index in [-0.39, 0.29) is 64.9 Å². The topological polar surface area (TPSA) is 58.5 Å². The summed E-state index contributed by atoms with van der Waals surface area (Å²) >= 11 is 0. The second-order valence-corrected chi connectivity index (χ2v) is 1.77. The largest absolute Gasteiger partial charge is 1.00 e. The normalized spacial score (nSPS) is 8.67. The summed E-state index contributed by atoms with van der Waals surface area (Å²) in [5.41, 5.74) is 0.331. The second kappa shape index (κ2) is 8.10. The summed E-state index contributed by atoms with van der Waals surface area (Å²) in [6, 6.07) is 6.23. The molecule has 1 aromatic rings. The van der Waals surface area contributed by atoms with E-state index in [9.17, 15) is 10.3 Å². The van der Waals surface area contributed by atoms with Crippen LogP contribution in [0.2, 0.25) is 0 Å². The van der Waals surface area contributed by atoms with Gasteiger partial charge in [0.25, 0.3) is 0 Å². The number of hydrogen-bond donors (Lipinski definition) is 0. The first-order valence-electron chi connectivity index (χ1n) is 2.76. The maximum Gasteiger partial charge on any atom is 1.00 e. The second-order valence-electron chi connectivity index (χ2n) is 1.77. The van der Waals surface area contributed by atoms with Gasteiger partial charge in [-0.3, -0.25) is 0 Å². The molecule has 0 radical (unpaired) electrons. The van der Waals surface area contributed by atoms with Gasteiger partial charge >= 0.3 is 59.1 Å². The number of benzene rings is 1. The van der Waals surface area contributed by atoms with Crippen LogP contribution in [0.3, 0.4) is 0 Å². The Hall–Kier alpha value is 0.490. The van der Waals surface area contributed by atoms with Gasteiger partial charge in [0, 0.05) is 6.21 Å². The SMILES string of the molecule is [Na+].[Na+].[O-]/N=C\c1ccccc1[O-]. The van der Waals surface area contributed by atoms with Gasteiger partial charge in [-0.25, -0.2) is 0 Å². The molecule has 0 aromatic heterocycles. The molecule has 0 atom stereocenters. The van der Waals surface area contributed by atoms with E-state index < -0.39 is 0 Å². The third-order valence-corrected chi connectivity index (χ3v) is 1.11. The third kappa shape index (κ3) is 4.50. The molecular formula is C7H5NNa2O2. The van der Waals surface area contributed by atoms with Crippen LogP contribution >= 0.6 is 0 Å². The Balaban J connectivity index is 0. The van der Waals surface area contributed by atoms with Gasteiger partial charge in [-0.05, 0) is 5.56 Å². The average molecular weight is 181 g/mol. The quantitative estimate of drug-likeness (QED) is 0.247. The first kappa shape index (κ1) is 15.0. The van der Waals surface area contributed by atoms with Gasteiger partial charge in [0.1, 0.15) is 0 Å². The molecule has 0 saturated heterocycles. The van der Waals surface area contributed by atoms with Crippen LogP contribution in [0, 0.1) is 5.21 Å². The van der Waals surface area contributed by atoms with E-state index in [1.165, 1.54) is 6.07 Å². The Morgan fingerprint density at radius 1 is 1.17 bits per heavy atom. The summed E-state index contributed by atoms with van der Waals surface area (Å²) < 4.78 is 0. The maximum atomic E-state index is 10.8. The van der Waals surface area contributed by atoms with Crippen molar-refractivity contribution in [2.24, 2.45) is 5.16 Å². The molecule has 0 heterocycles. The Morgan fingerprint density at radius 2 is 1.75 bits per heavy atom. The summed E-state index contributed by atoms with van der Waals surface area (Å²) in [6.07, 6.45) is 1.00. The fraction of sp³-hybridized carbons (Fsp3) is 0. The van der Waals surface area contributed by atoms with Crippen molar-refractivity contribution in [3.63, 3.8) is 0 Å². The fourth-order valence-corrected chi connectivity index (χ4v) is 0.644. The summed E-state index contributed by atoms with van der Waals surface area (Å²) in [6.45, 7) is 0. The monoisotopic (exact) mass is 181 g/mol. The number of para-hydroxylation sites is 1. The molecule has 12 heavy (non-hydrogen) atoms. The summed E-state index contributed by atoms with van der Waals surface area (Å²) in [5, 5.41) is 23.0. The van der Waals surface area contributed by atoms with E-state index in [0.717, 1.165) is 6.21 Å². The molecule has 0 fully saturated rings. The molecular weight excluding hydrogens is 176 g/mol. The molecule has 0 N–H and O–H groups in total. The molecule has 0 saturated carbocycles. The molecule has 0 amide bonds. The molecule has 0 aliphatic rings. The van der Waals surface area contributed by atoms with E-state index in [1.807, 2.05) is 0 Å². The predicted octanol–water partition coefficient (Wildman–Crippen LogP) is -5.32. The van der Waals surface area contributed by atoms with Gasteiger partial charge in [0.05, 0.1) is 0 Å². The first-order chi connectivity index (χ1) is 4.84. The van der Waals surface area contributed by atoms with Crippen molar-refractivity contribution in [3.05, 3.63) is 35.0 Å². The van der Waals surface area contributed by atoms with Crippen molar-refractivity contribution in [1.29, 1.82) is 0 Å². The van der Waals surface area contributed by atoms with Crippen LogP contribution in [-0.4, -0.2) is 6.21 Å². The van der Waals surface area contributed by atoms with Crippen LogP contribution in [0.25, 0.3) is 0 Å². The van der Waals surface area contributed by atoms with Gasteiger partial charge in [0.2, 0.25) is 0 Å². The van der Waals surface area contributed by atoms with Crippen LogP contribution in [0.15, 0.2) is 29.4 Å². The van der Waals surface area contributed by atoms with Gasteiger partial charge in [-0.1, -0.05) is 24.3 Å². The maximum absolute atomic E-state index is 10.8. The standard InChI is InChI=1S/C7H7NO2.2Na/c9-7-4-2-1-3-6(7)5-8-10;;/h1-5,9-10H;;/q;2*+1/p-2/b8-5-;;. The number of rotatable bonds is 1. The first-order valence-corrected chi connectivity index (χ1v) is 2.76. The van der Waals surface area contributed by atoms with Crippen LogP contribution in [0.1, 0.15) is 5.56 Å². The summed E-state index contributed by atoms with van der Waals surface area (Å²) in [7, 11) is 0. The van der Waals surface area contributed by atoms with Crippen molar-refractivity contribution in [1.82, 2.24) is 0 Å². The van der Waals surface area contributed by atoms with Gasteiger partial charge < -0.3 is 15.5 Å². The zero-order chi connectivity index (χ0) is 7.40. The summed E-state index contributed by atoms with van der Waals surface area (Å²) in [5.74, 6) is -0.179. The zero-order valence-electron chi connectivity index (χ0n) is 7.15. The molecule has 0 aliphatic carbocycles. The van der Waals surface area contributed by atoms with Crippen LogP contribution in [0.4, 0.5) is 0 Å². The zero-order valence-corrected chi connectivity index (χ0v) is 11.2. The van der Waals surface area contributed by atoms with E-state index in [0.29, 0.717) is 5.56 Å². The Bertz CT molecular complexity index is 253. The minimum atomic E-state index is -0.179. The molecule has 0 aliphatic heterocycles. The molecule has 3 nitrogen and oxygen atoms in total. The molecule has 0 spiro atoms. The van der Waals surface area contributed by atoms with Gasteiger partial charge in [0.15, 0.2) is 0 Å². The minimum Gasteiger partial charge on any atom is -0.872 e. The number of hydrogen-bond acceptors (Lipinski definition) is 3. The fourth-order valence-electron chi connectivity index (χ4n) is 0.644. The van der Waals surface area contributed by atoms with Crippen LogP contribution in [0.5, 0.6) is 5.75 Å². The van der Waals surface area contributed by atoms with Crippen molar-refractivity contribution >= 4 is 6.21 Å². The van der Waals surface area contributed by atoms with E-state index in [1.54, 1.807) is 18.2 Å². The molecule has 52 valence electrons. The Kier molecular flexibility index (Phi) is 10.1. The summed E-state index contributed by atoms with van der Waals surface area (Å²) in [4.78, 5) is 0. The Labute approximate surface area is 115 Å². The smallest absolute Gasteiger partial charge is 0.872 e. The van der Waals surface area contributed by atoms with E-state index in [2.05, 4.69) is 5.16 Å². The van der Waals surface area contributed by atoms with Crippen LogP contribution in [-0.2, 0) is 0 Å². The van der Waals surface area contributed by atoms with Gasteiger partial charge in [-0.15, -0.1) is 5.75 Å². The Morgan fingerprint density at radius 3 is 2.25 bits per heavy atom. The third-order valence-electron chi connectivity index (χ3n) is 1.11. The predicted molar refractivity (Wildman–Crippen MR) is 36.8 cm³/mol. The molecule has 0 unspecified atom stereocenters. The van der Waals surface area contributed by atoms with Gasteiger partial charge in [-0.2, -0.15) is 0 Å². The minimum absolute atomic E-state index is 0. The molecule has 1 aromatic carbocycles. The van der Waals surface area contributed by atoms with Crippen molar-refractivity contribution in [2.45, 2.75) is 0 Å². The number of nitrogens with zero attached hydrogens (tertiary/aromatic N) is 1. The molecule has 5 heteroatoms.